The summed E-state index contributed by atoms with van der Waals surface area (Å²) >= 11 is 0. The number of allylic oxidation sites excluding steroid dienone is 1. The van der Waals surface area contributed by atoms with E-state index < -0.39 is 38.5 Å². The van der Waals surface area contributed by atoms with Crippen molar-refractivity contribution in [2.24, 2.45) is 11.3 Å². The maximum atomic E-state index is 12.5. The van der Waals surface area contributed by atoms with Gasteiger partial charge in [0.15, 0.2) is 5.60 Å². The van der Waals surface area contributed by atoms with Crippen LogP contribution in [0.1, 0.15) is 12.8 Å². The number of amides is 2. The molecule has 2 aliphatic carbocycles. The number of carbonyl (C=O) groups is 2. The van der Waals surface area contributed by atoms with E-state index in [0.717, 1.165) is 0 Å². The summed E-state index contributed by atoms with van der Waals surface area (Å²) in [5.74, 6) is -2.31. The molecule has 0 aromatic rings. The second-order valence-corrected chi connectivity index (χ2v) is 6.63. The summed E-state index contributed by atoms with van der Waals surface area (Å²) in [4.78, 5) is 23.7. The van der Waals surface area contributed by atoms with Crippen molar-refractivity contribution in [1.82, 2.24) is 5.32 Å². The predicted octanol–water partition coefficient (Wildman–Crippen LogP) is 0.214. The number of rotatable bonds is 2. The molecule has 20 heavy (non-hydrogen) atoms. The van der Waals surface area contributed by atoms with Gasteiger partial charge in [-0.3, -0.25) is 14.9 Å². The highest BCUT2D eigenvalue weighted by molar-refractivity contribution is 7.87. The minimum absolute atomic E-state index is 0.0674. The summed E-state index contributed by atoms with van der Waals surface area (Å²) in [6.07, 6.45) is 2.65. The zero-order valence-electron chi connectivity index (χ0n) is 9.73. The Balaban J connectivity index is 2.10. The lowest BCUT2D eigenvalue weighted by atomic mass is 9.76. The number of alkyl halides is 3. The van der Waals surface area contributed by atoms with Gasteiger partial charge >= 0.3 is 15.6 Å². The summed E-state index contributed by atoms with van der Waals surface area (Å²) in [5.41, 5.74) is -9.63. The summed E-state index contributed by atoms with van der Waals surface area (Å²) in [6, 6.07) is 0. The second kappa shape index (κ2) is 3.42. The van der Waals surface area contributed by atoms with Crippen LogP contribution in [-0.4, -0.2) is 31.3 Å². The average Bonchev–Trinajstić information content (AvgIpc) is 2.88. The Hall–Kier alpha value is -1.42. The Morgan fingerprint density at radius 3 is 2.45 bits per heavy atom. The number of hydrogen-bond donors (Lipinski definition) is 1. The Morgan fingerprint density at radius 1 is 1.25 bits per heavy atom. The Labute approximate surface area is 111 Å². The van der Waals surface area contributed by atoms with E-state index in [2.05, 4.69) is 4.18 Å². The molecule has 2 amide bonds. The number of hydrogen-bond acceptors (Lipinski definition) is 5. The SMILES string of the molecule is O=C1NC(=O)C2(OS(=O)(=O)C(F)(F)F)CC3C=CC12C3. The van der Waals surface area contributed by atoms with Gasteiger partial charge in [-0.05, 0) is 18.8 Å². The van der Waals surface area contributed by atoms with E-state index in [1.807, 2.05) is 5.32 Å². The van der Waals surface area contributed by atoms with E-state index in [4.69, 9.17) is 0 Å². The first-order valence-corrected chi connectivity index (χ1v) is 7.02. The van der Waals surface area contributed by atoms with Crippen LogP contribution >= 0.6 is 0 Å². The van der Waals surface area contributed by atoms with E-state index in [0.29, 0.717) is 0 Å². The van der Waals surface area contributed by atoms with Gasteiger partial charge in [-0.1, -0.05) is 12.2 Å². The van der Waals surface area contributed by atoms with Gasteiger partial charge in [0.05, 0.1) is 0 Å². The van der Waals surface area contributed by atoms with Crippen LogP contribution in [0.3, 0.4) is 0 Å². The average molecular weight is 311 g/mol. The minimum atomic E-state index is -5.98. The molecule has 1 spiro atoms. The molecular formula is C10H8F3NO5S. The topological polar surface area (TPSA) is 89.5 Å². The van der Waals surface area contributed by atoms with Crippen LogP contribution in [0, 0.1) is 11.3 Å². The fourth-order valence-corrected chi connectivity index (χ4v) is 3.95. The van der Waals surface area contributed by atoms with Gasteiger partial charge in [-0.15, -0.1) is 0 Å². The molecule has 3 unspecified atom stereocenters. The smallest absolute Gasteiger partial charge is 0.293 e. The number of halogens is 3. The van der Waals surface area contributed by atoms with Crippen molar-refractivity contribution in [2.75, 3.05) is 0 Å². The van der Waals surface area contributed by atoms with Gasteiger partial charge in [-0.2, -0.15) is 21.6 Å². The lowest BCUT2D eigenvalue weighted by Crippen LogP contribution is -2.52. The Kier molecular flexibility index (Phi) is 2.32. The zero-order chi connectivity index (χ0) is 15.0. The van der Waals surface area contributed by atoms with Crippen molar-refractivity contribution in [3.05, 3.63) is 12.2 Å². The summed E-state index contributed by atoms with van der Waals surface area (Å²) < 4.78 is 64.0. The highest BCUT2D eigenvalue weighted by atomic mass is 32.2. The van der Waals surface area contributed by atoms with Crippen LogP contribution in [0.25, 0.3) is 0 Å². The van der Waals surface area contributed by atoms with Crippen molar-refractivity contribution in [3.63, 3.8) is 0 Å². The Bertz CT molecular complexity index is 654. The van der Waals surface area contributed by atoms with Gasteiger partial charge < -0.3 is 0 Å². The molecule has 3 aliphatic rings. The van der Waals surface area contributed by atoms with Crippen molar-refractivity contribution in [1.29, 1.82) is 0 Å². The standard InChI is InChI=1S/C10H8F3NO5S/c11-10(12,13)20(17,18)19-9-4-5-1-2-8(9,3-5)6(15)14-7(9)16/h1-2,5H,3-4H2,(H,14,15,16). The lowest BCUT2D eigenvalue weighted by molar-refractivity contribution is -0.139. The molecule has 1 N–H and O–H groups in total. The normalized spacial score (nSPS) is 39.2. The second-order valence-electron chi connectivity index (χ2n) is 5.09. The molecule has 0 radical (unpaired) electrons. The molecule has 1 saturated carbocycles. The zero-order valence-corrected chi connectivity index (χ0v) is 10.5. The first kappa shape index (κ1) is 13.6. The summed E-state index contributed by atoms with van der Waals surface area (Å²) in [6.45, 7) is 0. The van der Waals surface area contributed by atoms with Gasteiger partial charge in [0, 0.05) is 0 Å². The third-order valence-corrected chi connectivity index (χ3v) is 5.11. The van der Waals surface area contributed by atoms with Gasteiger partial charge in [0.1, 0.15) is 5.41 Å². The molecule has 1 heterocycles. The van der Waals surface area contributed by atoms with Crippen LogP contribution in [0.15, 0.2) is 12.2 Å². The van der Waals surface area contributed by atoms with E-state index in [-0.39, 0.29) is 18.8 Å². The summed E-state index contributed by atoms with van der Waals surface area (Å²) in [7, 11) is -5.98. The number of fused-ring (bicyclic) bond motifs is 1. The van der Waals surface area contributed by atoms with Crippen LogP contribution in [0.5, 0.6) is 0 Å². The number of imide groups is 1. The van der Waals surface area contributed by atoms with Crippen LogP contribution in [-0.2, 0) is 23.9 Å². The Morgan fingerprint density at radius 2 is 1.90 bits per heavy atom. The monoisotopic (exact) mass is 311 g/mol. The van der Waals surface area contributed by atoms with Crippen LogP contribution < -0.4 is 5.32 Å². The third kappa shape index (κ3) is 1.35. The van der Waals surface area contributed by atoms with Crippen molar-refractivity contribution >= 4 is 21.9 Å². The number of nitrogens with one attached hydrogen (secondary N) is 1. The molecule has 2 fully saturated rings. The molecule has 1 aliphatic heterocycles. The quantitative estimate of drug-likeness (QED) is 0.341. The molecule has 1 saturated heterocycles. The molecule has 2 bridgehead atoms. The first-order valence-electron chi connectivity index (χ1n) is 5.61. The van der Waals surface area contributed by atoms with Gasteiger partial charge in [-0.25, -0.2) is 4.18 Å². The third-order valence-electron chi connectivity index (χ3n) is 4.04. The maximum absolute atomic E-state index is 12.5. The predicted molar refractivity (Wildman–Crippen MR) is 56.2 cm³/mol. The van der Waals surface area contributed by atoms with E-state index in [9.17, 15) is 31.2 Å². The van der Waals surface area contributed by atoms with Crippen molar-refractivity contribution < 1.29 is 35.4 Å². The molecule has 0 aromatic carbocycles. The molecule has 3 atom stereocenters. The summed E-state index contributed by atoms with van der Waals surface area (Å²) in [5, 5.41) is 1.87. The van der Waals surface area contributed by atoms with Gasteiger partial charge in [0.25, 0.3) is 5.91 Å². The van der Waals surface area contributed by atoms with E-state index in [1.54, 1.807) is 6.08 Å². The van der Waals surface area contributed by atoms with Crippen molar-refractivity contribution in [3.8, 4) is 0 Å². The fraction of sp³-hybridized carbons (Fsp3) is 0.600. The lowest BCUT2D eigenvalue weighted by Gasteiger charge is -2.33. The molecule has 6 nitrogen and oxygen atoms in total. The van der Waals surface area contributed by atoms with E-state index >= 15 is 0 Å². The molecule has 110 valence electrons. The molecule has 3 rings (SSSR count). The molecule has 10 heteroatoms. The minimum Gasteiger partial charge on any atom is -0.293 e. The van der Waals surface area contributed by atoms with Gasteiger partial charge in [0.2, 0.25) is 5.91 Å². The van der Waals surface area contributed by atoms with Crippen LogP contribution in [0.4, 0.5) is 13.2 Å². The number of carbonyl (C=O) groups excluding carboxylic acids is 2. The maximum Gasteiger partial charge on any atom is 0.523 e. The highest BCUT2D eigenvalue weighted by Gasteiger charge is 2.75. The van der Waals surface area contributed by atoms with Crippen LogP contribution in [0.2, 0.25) is 0 Å². The van der Waals surface area contributed by atoms with Crippen molar-refractivity contribution in [2.45, 2.75) is 24.0 Å². The molecular weight excluding hydrogens is 303 g/mol. The van der Waals surface area contributed by atoms with E-state index in [1.165, 1.54) is 6.08 Å². The largest absolute Gasteiger partial charge is 0.523 e. The first-order chi connectivity index (χ1) is 9.04. The molecule has 0 aromatic heterocycles. The highest BCUT2D eigenvalue weighted by Crippen LogP contribution is 2.61. The fourth-order valence-electron chi connectivity index (χ4n) is 3.18.